The highest BCUT2D eigenvalue weighted by atomic mass is 35.5. The molecule has 7 heteroatoms. The lowest BCUT2D eigenvalue weighted by Crippen LogP contribution is -2.34. The van der Waals surface area contributed by atoms with Crippen LogP contribution in [-0.4, -0.2) is 37.1 Å². The van der Waals surface area contributed by atoms with Gasteiger partial charge in [0.1, 0.15) is 5.82 Å². The Labute approximate surface area is 122 Å². The van der Waals surface area contributed by atoms with E-state index in [4.69, 9.17) is 11.6 Å². The standard InChI is InChI=1S/C13H19ClF3N3/c1-12(2,8-20(3)4)7-19-11-10(14)5-9(6-18-11)13(15,16)17/h5-6H,7-8H2,1-4H3,(H,18,19). The summed E-state index contributed by atoms with van der Waals surface area (Å²) in [5, 5.41) is 2.97. The maximum Gasteiger partial charge on any atom is 0.417 e. The maximum atomic E-state index is 12.5. The molecule has 0 fully saturated rings. The molecule has 0 unspecified atom stereocenters. The molecule has 0 atom stereocenters. The molecule has 0 saturated heterocycles. The summed E-state index contributed by atoms with van der Waals surface area (Å²) in [5.41, 5.74) is -0.905. The Bertz CT molecular complexity index is 459. The number of rotatable bonds is 5. The maximum absolute atomic E-state index is 12.5. The third kappa shape index (κ3) is 5.17. The molecule has 114 valence electrons. The Morgan fingerprint density at radius 1 is 1.30 bits per heavy atom. The van der Waals surface area contributed by atoms with Crippen molar-refractivity contribution in [1.82, 2.24) is 9.88 Å². The Balaban J connectivity index is 2.75. The summed E-state index contributed by atoms with van der Waals surface area (Å²) in [5.74, 6) is 0.270. The van der Waals surface area contributed by atoms with E-state index in [-0.39, 0.29) is 16.3 Å². The fourth-order valence-corrected chi connectivity index (χ4v) is 2.19. The zero-order valence-corrected chi connectivity index (χ0v) is 12.7. The molecule has 0 bridgehead atoms. The van der Waals surface area contributed by atoms with Crippen molar-refractivity contribution in [2.24, 2.45) is 5.41 Å². The van der Waals surface area contributed by atoms with Crippen LogP contribution in [0.1, 0.15) is 19.4 Å². The largest absolute Gasteiger partial charge is 0.417 e. The molecule has 0 aliphatic rings. The Morgan fingerprint density at radius 2 is 1.90 bits per heavy atom. The summed E-state index contributed by atoms with van der Waals surface area (Å²) in [4.78, 5) is 5.80. The monoisotopic (exact) mass is 309 g/mol. The van der Waals surface area contributed by atoms with Gasteiger partial charge in [-0.05, 0) is 25.6 Å². The topological polar surface area (TPSA) is 28.2 Å². The van der Waals surface area contributed by atoms with Crippen LogP contribution in [0.4, 0.5) is 19.0 Å². The van der Waals surface area contributed by atoms with Gasteiger partial charge in [-0.3, -0.25) is 0 Å². The van der Waals surface area contributed by atoms with Crippen molar-refractivity contribution in [2.45, 2.75) is 20.0 Å². The molecule has 1 aromatic rings. The van der Waals surface area contributed by atoms with E-state index in [9.17, 15) is 13.2 Å². The normalized spacial score (nSPS) is 12.8. The molecule has 0 aromatic carbocycles. The van der Waals surface area contributed by atoms with Crippen molar-refractivity contribution < 1.29 is 13.2 Å². The summed E-state index contributed by atoms with van der Waals surface area (Å²) >= 11 is 5.83. The molecule has 0 aliphatic heterocycles. The molecule has 1 aromatic heterocycles. The second-order valence-corrected chi connectivity index (χ2v) is 6.21. The van der Waals surface area contributed by atoms with Crippen molar-refractivity contribution >= 4 is 17.4 Å². The van der Waals surface area contributed by atoms with Crippen LogP contribution in [-0.2, 0) is 6.18 Å². The lowest BCUT2D eigenvalue weighted by atomic mass is 9.93. The van der Waals surface area contributed by atoms with Crippen LogP contribution in [0.15, 0.2) is 12.3 Å². The fraction of sp³-hybridized carbons (Fsp3) is 0.615. The van der Waals surface area contributed by atoms with Crippen molar-refractivity contribution in [2.75, 3.05) is 32.5 Å². The number of anilines is 1. The van der Waals surface area contributed by atoms with E-state index in [1.807, 2.05) is 19.0 Å². The molecule has 0 amide bonds. The Hall–Kier alpha value is -1.01. The van der Waals surface area contributed by atoms with Gasteiger partial charge >= 0.3 is 6.18 Å². The molecule has 0 aliphatic carbocycles. The quantitative estimate of drug-likeness (QED) is 0.898. The van der Waals surface area contributed by atoms with Crippen LogP contribution >= 0.6 is 11.6 Å². The molecular weight excluding hydrogens is 291 g/mol. The van der Waals surface area contributed by atoms with Crippen molar-refractivity contribution in [3.8, 4) is 0 Å². The number of halogens is 4. The van der Waals surface area contributed by atoms with Gasteiger partial charge in [0.15, 0.2) is 0 Å². The van der Waals surface area contributed by atoms with Crippen LogP contribution in [0.25, 0.3) is 0 Å². The molecule has 1 rings (SSSR count). The average Bonchev–Trinajstić information content (AvgIpc) is 2.24. The first-order chi connectivity index (χ1) is 9.01. The molecule has 0 radical (unpaired) electrons. The highest BCUT2D eigenvalue weighted by Gasteiger charge is 2.31. The molecule has 1 N–H and O–H groups in total. The van der Waals surface area contributed by atoms with Gasteiger partial charge in [-0.15, -0.1) is 0 Å². The first-order valence-electron chi connectivity index (χ1n) is 6.13. The third-order valence-corrected chi connectivity index (χ3v) is 2.94. The van der Waals surface area contributed by atoms with Crippen LogP contribution in [0, 0.1) is 5.41 Å². The van der Waals surface area contributed by atoms with Crippen LogP contribution in [0.5, 0.6) is 0 Å². The molecule has 0 spiro atoms. The first-order valence-corrected chi connectivity index (χ1v) is 6.50. The molecular formula is C13H19ClF3N3. The summed E-state index contributed by atoms with van der Waals surface area (Å²) < 4.78 is 37.5. The number of nitrogens with one attached hydrogen (secondary N) is 1. The van der Waals surface area contributed by atoms with E-state index in [1.54, 1.807) is 0 Å². The Morgan fingerprint density at radius 3 is 2.35 bits per heavy atom. The fourth-order valence-electron chi connectivity index (χ4n) is 1.96. The van der Waals surface area contributed by atoms with Gasteiger partial charge in [-0.1, -0.05) is 25.4 Å². The van der Waals surface area contributed by atoms with Gasteiger partial charge in [-0.25, -0.2) is 4.98 Å². The van der Waals surface area contributed by atoms with Crippen LogP contribution in [0.3, 0.4) is 0 Å². The highest BCUT2D eigenvalue weighted by molar-refractivity contribution is 6.32. The number of pyridine rings is 1. The predicted octanol–water partition coefficient (Wildman–Crippen LogP) is 3.75. The second kappa shape index (κ2) is 6.18. The van der Waals surface area contributed by atoms with E-state index in [0.717, 1.165) is 18.8 Å². The van der Waals surface area contributed by atoms with E-state index in [0.29, 0.717) is 6.54 Å². The van der Waals surface area contributed by atoms with Crippen molar-refractivity contribution in [3.05, 3.63) is 22.8 Å². The molecule has 0 saturated carbocycles. The zero-order valence-electron chi connectivity index (χ0n) is 12.0. The number of alkyl halides is 3. The van der Waals surface area contributed by atoms with E-state index in [2.05, 4.69) is 24.1 Å². The summed E-state index contributed by atoms with van der Waals surface area (Å²) in [7, 11) is 3.93. The van der Waals surface area contributed by atoms with E-state index >= 15 is 0 Å². The number of aromatic nitrogens is 1. The van der Waals surface area contributed by atoms with Crippen molar-refractivity contribution in [3.63, 3.8) is 0 Å². The first kappa shape index (κ1) is 17.0. The minimum atomic E-state index is -4.43. The third-order valence-electron chi connectivity index (χ3n) is 2.65. The number of hydrogen-bond acceptors (Lipinski definition) is 3. The van der Waals surface area contributed by atoms with Gasteiger partial charge in [0.05, 0.1) is 10.6 Å². The minimum absolute atomic E-state index is 0.0273. The van der Waals surface area contributed by atoms with Gasteiger partial charge in [0.25, 0.3) is 0 Å². The predicted molar refractivity (Wildman–Crippen MR) is 75.1 cm³/mol. The SMILES string of the molecule is CN(C)CC(C)(C)CNc1ncc(C(F)(F)F)cc1Cl. The lowest BCUT2D eigenvalue weighted by Gasteiger charge is -2.28. The van der Waals surface area contributed by atoms with Crippen LogP contribution < -0.4 is 5.32 Å². The van der Waals surface area contributed by atoms with Crippen molar-refractivity contribution in [1.29, 1.82) is 0 Å². The van der Waals surface area contributed by atoms with Gasteiger partial charge in [0, 0.05) is 19.3 Å². The summed E-state index contributed by atoms with van der Waals surface area (Å²) in [6, 6.07) is 0.885. The smallest absolute Gasteiger partial charge is 0.368 e. The van der Waals surface area contributed by atoms with Gasteiger partial charge in [-0.2, -0.15) is 13.2 Å². The van der Waals surface area contributed by atoms with Gasteiger partial charge in [0.2, 0.25) is 0 Å². The van der Waals surface area contributed by atoms with Gasteiger partial charge < -0.3 is 10.2 Å². The number of hydrogen-bond donors (Lipinski definition) is 1. The Kier molecular flexibility index (Phi) is 5.27. The highest BCUT2D eigenvalue weighted by Crippen LogP contribution is 2.32. The van der Waals surface area contributed by atoms with Crippen LogP contribution in [0.2, 0.25) is 5.02 Å². The second-order valence-electron chi connectivity index (χ2n) is 5.81. The zero-order chi connectivity index (χ0) is 15.6. The van der Waals surface area contributed by atoms with E-state index < -0.39 is 11.7 Å². The number of nitrogens with zero attached hydrogens (tertiary/aromatic N) is 2. The molecule has 3 nitrogen and oxygen atoms in total. The molecule has 1 heterocycles. The lowest BCUT2D eigenvalue weighted by molar-refractivity contribution is -0.137. The molecule has 20 heavy (non-hydrogen) atoms. The summed E-state index contributed by atoms with van der Waals surface area (Å²) in [6.45, 7) is 5.50. The van der Waals surface area contributed by atoms with E-state index in [1.165, 1.54) is 0 Å². The average molecular weight is 310 g/mol. The minimum Gasteiger partial charge on any atom is -0.368 e. The summed E-state index contributed by atoms with van der Waals surface area (Å²) in [6.07, 6.45) is -3.65.